The summed E-state index contributed by atoms with van der Waals surface area (Å²) in [6.45, 7) is 7.58. The molecule has 0 saturated heterocycles. The van der Waals surface area contributed by atoms with Crippen molar-refractivity contribution < 1.29 is 34.2 Å². The fourth-order valence-corrected chi connectivity index (χ4v) is 5.56. The highest BCUT2D eigenvalue weighted by atomic mass is 16.4. The number of unbranched alkanes of at least 4 members (excludes halogenated alkanes) is 10. The van der Waals surface area contributed by atoms with E-state index >= 15 is 0 Å². The first-order valence-electron chi connectivity index (χ1n) is 13.9. The maximum atomic E-state index is 12.2. The van der Waals surface area contributed by atoms with Gasteiger partial charge in [0.2, 0.25) is 0 Å². The minimum absolute atomic E-state index is 0.187. The molecule has 0 aromatic rings. The van der Waals surface area contributed by atoms with Crippen LogP contribution in [0.1, 0.15) is 124 Å². The van der Waals surface area contributed by atoms with Gasteiger partial charge in [0.1, 0.15) is 0 Å². The van der Waals surface area contributed by atoms with Gasteiger partial charge in [-0.25, -0.2) is 14.4 Å². The molecule has 3 atom stereocenters. The molecular formula is C28H52NO6+. The Hall–Kier alpha value is -1.89. The van der Waals surface area contributed by atoms with E-state index in [2.05, 4.69) is 19.1 Å². The first-order chi connectivity index (χ1) is 16.7. The first-order valence-corrected chi connectivity index (χ1v) is 13.9. The van der Waals surface area contributed by atoms with Gasteiger partial charge in [0.15, 0.2) is 18.1 Å². The Morgan fingerprint density at radius 1 is 0.571 bits per heavy atom. The van der Waals surface area contributed by atoms with E-state index in [0.29, 0.717) is 6.42 Å². The molecule has 0 aromatic heterocycles. The average Bonchev–Trinajstić information content (AvgIpc) is 2.79. The van der Waals surface area contributed by atoms with Gasteiger partial charge < -0.3 is 15.3 Å². The summed E-state index contributed by atoms with van der Waals surface area (Å²) in [6.07, 6.45) is 18.4. The third-order valence-electron chi connectivity index (χ3n) is 7.31. The molecule has 0 fully saturated rings. The van der Waals surface area contributed by atoms with Crippen LogP contribution in [0, 0.1) is 0 Å². The number of allylic oxidation sites excluding steroid dienone is 2. The van der Waals surface area contributed by atoms with Crippen molar-refractivity contribution in [1.29, 1.82) is 0 Å². The van der Waals surface area contributed by atoms with E-state index < -0.39 is 40.5 Å². The Labute approximate surface area is 213 Å². The van der Waals surface area contributed by atoms with E-state index in [9.17, 15) is 29.7 Å². The van der Waals surface area contributed by atoms with Gasteiger partial charge in [-0.2, -0.15) is 0 Å². The van der Waals surface area contributed by atoms with Gasteiger partial charge in [-0.3, -0.25) is 4.48 Å². The van der Waals surface area contributed by atoms with Crippen LogP contribution in [0.5, 0.6) is 0 Å². The van der Waals surface area contributed by atoms with Gasteiger partial charge in [-0.1, -0.05) is 78.4 Å². The van der Waals surface area contributed by atoms with Crippen molar-refractivity contribution in [3.8, 4) is 0 Å². The molecule has 0 aliphatic carbocycles. The summed E-state index contributed by atoms with van der Waals surface area (Å²) in [7, 11) is 0. The number of quaternary nitrogens is 1. The highest BCUT2D eigenvalue weighted by Gasteiger charge is 2.55. The predicted octanol–water partition coefficient (Wildman–Crippen LogP) is 6.65. The zero-order valence-corrected chi connectivity index (χ0v) is 22.7. The molecule has 0 radical (unpaired) electrons. The van der Waals surface area contributed by atoms with Crippen LogP contribution in [0.2, 0.25) is 0 Å². The normalized spacial score (nSPS) is 16.0. The molecule has 0 spiro atoms. The molecule has 0 aliphatic rings. The average molecular weight is 499 g/mol. The van der Waals surface area contributed by atoms with Gasteiger partial charge in [-0.15, -0.1) is 0 Å². The van der Waals surface area contributed by atoms with Crippen LogP contribution in [-0.4, -0.2) is 62.4 Å². The van der Waals surface area contributed by atoms with E-state index in [-0.39, 0.29) is 25.8 Å². The van der Waals surface area contributed by atoms with Gasteiger partial charge in [0.05, 0.1) is 6.54 Å². The molecular weight excluding hydrogens is 446 g/mol. The second-order valence-electron chi connectivity index (χ2n) is 9.74. The van der Waals surface area contributed by atoms with Crippen LogP contribution < -0.4 is 0 Å². The topological polar surface area (TPSA) is 112 Å². The lowest BCUT2D eigenvalue weighted by Crippen LogP contribution is -2.72. The third kappa shape index (κ3) is 11.1. The van der Waals surface area contributed by atoms with Crippen molar-refractivity contribution in [2.24, 2.45) is 0 Å². The van der Waals surface area contributed by atoms with E-state index in [1.165, 1.54) is 38.5 Å². The van der Waals surface area contributed by atoms with Gasteiger partial charge in [-0.05, 0) is 38.5 Å². The van der Waals surface area contributed by atoms with Crippen LogP contribution in [0.15, 0.2) is 12.2 Å². The van der Waals surface area contributed by atoms with Crippen molar-refractivity contribution in [1.82, 2.24) is 0 Å². The zero-order chi connectivity index (χ0) is 26.7. The minimum atomic E-state index is -1.12. The van der Waals surface area contributed by atoms with E-state index in [1.807, 2.05) is 0 Å². The Morgan fingerprint density at radius 2 is 0.914 bits per heavy atom. The lowest BCUT2D eigenvalue weighted by molar-refractivity contribution is -0.973. The van der Waals surface area contributed by atoms with E-state index in [1.54, 1.807) is 20.8 Å². The Morgan fingerprint density at radius 3 is 1.26 bits per heavy atom. The summed E-state index contributed by atoms with van der Waals surface area (Å²) < 4.78 is -0.415. The Balaban J connectivity index is 5.02. The SMILES string of the molecule is CCCCCCCC/C=C/CCCCCC[N+](C(CC)C(=O)O)(C(CC)C(=O)O)C(CC)C(=O)O. The molecule has 0 saturated carbocycles. The summed E-state index contributed by atoms with van der Waals surface area (Å²) in [5.41, 5.74) is 0. The predicted molar refractivity (Wildman–Crippen MR) is 140 cm³/mol. The summed E-state index contributed by atoms with van der Waals surface area (Å²) in [5.74, 6) is -3.37. The van der Waals surface area contributed by atoms with Gasteiger partial charge >= 0.3 is 17.9 Å². The Kier molecular flexibility index (Phi) is 18.3. The largest absolute Gasteiger partial charge is 0.477 e. The number of carbonyl (C=O) groups is 3. The number of rotatable bonds is 23. The summed E-state index contributed by atoms with van der Waals surface area (Å²) >= 11 is 0. The molecule has 0 aromatic carbocycles. The molecule has 0 amide bonds. The molecule has 0 aliphatic heterocycles. The van der Waals surface area contributed by atoms with Crippen LogP contribution in [0.25, 0.3) is 0 Å². The number of hydrogen-bond donors (Lipinski definition) is 3. The summed E-state index contributed by atoms with van der Waals surface area (Å²) in [5, 5.41) is 29.9. The standard InChI is InChI=1S/C28H51NO6/c1-5-9-10-11-12-13-14-15-16-17-18-19-20-21-22-29(23(6-2)26(30)31,24(7-3)27(32)33)25(8-4)28(34)35/h15-16,23-25H,5-14,17-22H2,1-4H3,(H2-,30,31,32,33,34,35)/p+1/b16-15+. The molecule has 35 heavy (non-hydrogen) atoms. The maximum Gasteiger partial charge on any atom is 0.362 e. The highest BCUT2D eigenvalue weighted by Crippen LogP contribution is 2.32. The fourth-order valence-electron chi connectivity index (χ4n) is 5.56. The zero-order valence-electron chi connectivity index (χ0n) is 22.7. The second kappa shape index (κ2) is 19.3. The molecule has 7 heteroatoms. The third-order valence-corrected chi connectivity index (χ3v) is 7.31. The van der Waals surface area contributed by atoms with Gasteiger partial charge in [0, 0.05) is 19.3 Å². The number of nitrogens with zero attached hydrogens (tertiary/aromatic N) is 1. The maximum absolute atomic E-state index is 12.2. The first kappa shape index (κ1) is 33.1. The van der Waals surface area contributed by atoms with Crippen LogP contribution in [-0.2, 0) is 14.4 Å². The van der Waals surface area contributed by atoms with Gasteiger partial charge in [0.25, 0.3) is 0 Å². The van der Waals surface area contributed by atoms with Crippen molar-refractivity contribution >= 4 is 17.9 Å². The van der Waals surface area contributed by atoms with Crippen LogP contribution >= 0.6 is 0 Å². The molecule has 0 bridgehead atoms. The molecule has 7 nitrogen and oxygen atoms in total. The fraction of sp³-hybridized carbons (Fsp3) is 0.821. The minimum Gasteiger partial charge on any atom is -0.477 e. The van der Waals surface area contributed by atoms with E-state index in [4.69, 9.17) is 0 Å². The lowest BCUT2D eigenvalue weighted by Gasteiger charge is -2.49. The summed E-state index contributed by atoms with van der Waals surface area (Å²) in [6, 6.07) is -3.20. The summed E-state index contributed by atoms with van der Waals surface area (Å²) in [4.78, 5) is 36.6. The molecule has 0 rings (SSSR count). The highest BCUT2D eigenvalue weighted by molar-refractivity contribution is 5.78. The monoisotopic (exact) mass is 498 g/mol. The van der Waals surface area contributed by atoms with Crippen LogP contribution in [0.4, 0.5) is 0 Å². The number of carboxylic acids is 3. The quantitative estimate of drug-likeness (QED) is 0.0826. The number of carboxylic acid groups (broad SMARTS) is 3. The number of hydrogen-bond acceptors (Lipinski definition) is 3. The van der Waals surface area contributed by atoms with E-state index in [0.717, 1.165) is 32.1 Å². The molecule has 204 valence electrons. The number of aliphatic carboxylic acids is 3. The lowest BCUT2D eigenvalue weighted by atomic mass is 9.94. The van der Waals surface area contributed by atoms with Crippen molar-refractivity contribution in [3.05, 3.63) is 12.2 Å². The van der Waals surface area contributed by atoms with Crippen molar-refractivity contribution in [3.63, 3.8) is 0 Å². The molecule has 0 heterocycles. The Bertz CT molecular complexity index is 578. The van der Waals surface area contributed by atoms with Crippen LogP contribution in [0.3, 0.4) is 0 Å². The van der Waals surface area contributed by atoms with Crippen molar-refractivity contribution in [2.75, 3.05) is 6.54 Å². The smallest absolute Gasteiger partial charge is 0.362 e. The van der Waals surface area contributed by atoms with Crippen molar-refractivity contribution in [2.45, 2.75) is 142 Å². The molecule has 3 N–H and O–H groups in total. The molecule has 3 unspecified atom stereocenters. The second-order valence-corrected chi connectivity index (χ2v) is 9.74.